The summed E-state index contributed by atoms with van der Waals surface area (Å²) in [6, 6.07) is 0. The third-order valence-electron chi connectivity index (χ3n) is 2.44. The van der Waals surface area contributed by atoms with Crippen molar-refractivity contribution in [2.45, 2.75) is 30.5 Å². The van der Waals surface area contributed by atoms with Gasteiger partial charge in [-0.05, 0) is 25.2 Å². The van der Waals surface area contributed by atoms with Crippen LogP contribution in [0.1, 0.15) is 25.0 Å². The Hall–Kier alpha value is 0.0400. The first kappa shape index (κ1) is 8.63. The molecule has 66 valence electrons. The number of rotatable bonds is 2. The van der Waals surface area contributed by atoms with E-state index in [-0.39, 0.29) is 0 Å². The molecule has 1 aromatic rings. The fraction of sp³-hybridized carbons (Fsp3) is 0.750. The molecule has 0 N–H and O–H groups in total. The van der Waals surface area contributed by atoms with Gasteiger partial charge in [-0.1, -0.05) is 22.4 Å². The lowest BCUT2D eigenvalue weighted by molar-refractivity contribution is 0.557. The second-order valence-electron chi connectivity index (χ2n) is 3.31. The van der Waals surface area contributed by atoms with Gasteiger partial charge in [-0.3, -0.25) is 0 Å². The van der Waals surface area contributed by atoms with Crippen LogP contribution in [0, 0.1) is 5.92 Å². The molecular weight excluding hydrogens is 236 g/mol. The summed E-state index contributed by atoms with van der Waals surface area (Å²) < 4.78 is 8.23. The Morgan fingerprint density at radius 3 is 3.08 bits per heavy atom. The summed E-state index contributed by atoms with van der Waals surface area (Å²) >= 11 is 5.01. The maximum atomic E-state index is 4.22. The van der Waals surface area contributed by atoms with Crippen molar-refractivity contribution in [3.63, 3.8) is 0 Å². The highest BCUT2D eigenvalue weighted by Crippen LogP contribution is 2.33. The summed E-state index contributed by atoms with van der Waals surface area (Å²) in [7, 11) is 0. The molecule has 2 unspecified atom stereocenters. The van der Waals surface area contributed by atoms with Crippen LogP contribution >= 0.6 is 27.7 Å². The van der Waals surface area contributed by atoms with Crippen LogP contribution in [-0.2, 0) is 6.42 Å². The maximum absolute atomic E-state index is 4.22. The molecule has 12 heavy (non-hydrogen) atoms. The largest absolute Gasteiger partial charge is 0.181 e. The van der Waals surface area contributed by atoms with E-state index in [4.69, 9.17) is 0 Å². The fourth-order valence-electron chi connectivity index (χ4n) is 1.76. The minimum atomic E-state index is 0.708. The molecule has 0 bridgehead atoms. The Bertz CT molecular complexity index is 237. The van der Waals surface area contributed by atoms with Crippen LogP contribution in [-0.4, -0.2) is 13.6 Å². The van der Waals surface area contributed by atoms with Gasteiger partial charge in [0, 0.05) is 4.83 Å². The first-order valence-corrected chi connectivity index (χ1v) is 5.91. The van der Waals surface area contributed by atoms with E-state index in [2.05, 4.69) is 24.7 Å². The Kier molecular flexibility index (Phi) is 2.76. The van der Waals surface area contributed by atoms with Crippen molar-refractivity contribution in [3.05, 3.63) is 11.9 Å². The molecular formula is C8H11BrN2S. The van der Waals surface area contributed by atoms with Crippen LogP contribution in [0.25, 0.3) is 0 Å². The highest BCUT2D eigenvalue weighted by Gasteiger charge is 2.25. The molecule has 1 fully saturated rings. The lowest BCUT2D eigenvalue weighted by atomic mass is 10.0. The zero-order valence-corrected chi connectivity index (χ0v) is 9.14. The topological polar surface area (TPSA) is 25.8 Å². The molecule has 0 amide bonds. The second-order valence-corrected chi connectivity index (χ2v) is 5.04. The van der Waals surface area contributed by atoms with Crippen molar-refractivity contribution in [2.24, 2.45) is 5.92 Å². The molecule has 2 rings (SSSR count). The number of nitrogens with zero attached hydrogens (tertiary/aromatic N) is 2. The van der Waals surface area contributed by atoms with Gasteiger partial charge in [0.1, 0.15) is 0 Å². The SMILES string of the molecule is BrC1CCCC1Cc1cnsn1. The Morgan fingerprint density at radius 1 is 1.58 bits per heavy atom. The van der Waals surface area contributed by atoms with Crippen LogP contribution in [0.4, 0.5) is 0 Å². The van der Waals surface area contributed by atoms with Crippen molar-refractivity contribution in [2.75, 3.05) is 0 Å². The summed E-state index contributed by atoms with van der Waals surface area (Å²) in [6.45, 7) is 0. The zero-order valence-electron chi connectivity index (χ0n) is 6.74. The molecule has 1 aromatic heterocycles. The summed E-state index contributed by atoms with van der Waals surface area (Å²) in [4.78, 5) is 0.708. The molecule has 2 atom stereocenters. The molecule has 0 saturated heterocycles. The first-order chi connectivity index (χ1) is 5.86. The monoisotopic (exact) mass is 246 g/mol. The summed E-state index contributed by atoms with van der Waals surface area (Å²) in [5.74, 6) is 0.786. The van der Waals surface area contributed by atoms with Crippen molar-refractivity contribution in [1.29, 1.82) is 0 Å². The normalized spacial score (nSPS) is 29.4. The lowest BCUT2D eigenvalue weighted by Crippen LogP contribution is -2.09. The third kappa shape index (κ3) is 1.85. The predicted molar refractivity (Wildman–Crippen MR) is 53.7 cm³/mol. The fourth-order valence-corrected chi connectivity index (χ4v) is 2.98. The van der Waals surface area contributed by atoms with E-state index in [0.29, 0.717) is 4.83 Å². The number of hydrogen-bond acceptors (Lipinski definition) is 3. The van der Waals surface area contributed by atoms with Gasteiger partial charge >= 0.3 is 0 Å². The minimum absolute atomic E-state index is 0.708. The standard InChI is InChI=1S/C8H11BrN2S/c9-8-3-1-2-6(8)4-7-5-10-12-11-7/h5-6,8H,1-4H2. The van der Waals surface area contributed by atoms with Crippen LogP contribution in [0.3, 0.4) is 0 Å². The number of hydrogen-bond donors (Lipinski definition) is 0. The van der Waals surface area contributed by atoms with E-state index < -0.39 is 0 Å². The lowest BCUT2D eigenvalue weighted by Gasteiger charge is -2.10. The molecule has 2 nitrogen and oxygen atoms in total. The van der Waals surface area contributed by atoms with Gasteiger partial charge in [0.25, 0.3) is 0 Å². The van der Waals surface area contributed by atoms with Crippen molar-refractivity contribution in [1.82, 2.24) is 8.75 Å². The summed E-state index contributed by atoms with van der Waals surface area (Å²) in [5.41, 5.74) is 1.16. The predicted octanol–water partition coefficient (Wildman–Crippen LogP) is 2.64. The molecule has 0 spiro atoms. The summed E-state index contributed by atoms with van der Waals surface area (Å²) in [6.07, 6.45) is 7.02. The zero-order chi connectivity index (χ0) is 8.39. The van der Waals surface area contributed by atoms with E-state index in [1.807, 2.05) is 6.20 Å². The highest BCUT2D eigenvalue weighted by atomic mass is 79.9. The van der Waals surface area contributed by atoms with Crippen LogP contribution in [0.2, 0.25) is 0 Å². The first-order valence-electron chi connectivity index (χ1n) is 4.27. The molecule has 0 radical (unpaired) electrons. The van der Waals surface area contributed by atoms with E-state index in [1.54, 1.807) is 0 Å². The second kappa shape index (κ2) is 3.83. The van der Waals surface area contributed by atoms with Crippen molar-refractivity contribution < 1.29 is 0 Å². The smallest absolute Gasteiger partial charge is 0.0746 e. The Balaban J connectivity index is 1.95. The van der Waals surface area contributed by atoms with Gasteiger partial charge in [0.15, 0.2) is 0 Å². The van der Waals surface area contributed by atoms with Gasteiger partial charge in [0.05, 0.1) is 23.6 Å². The molecule has 1 aliphatic carbocycles. The van der Waals surface area contributed by atoms with Crippen molar-refractivity contribution >= 4 is 27.7 Å². The third-order valence-corrected chi connectivity index (χ3v) is 4.17. The van der Waals surface area contributed by atoms with E-state index in [9.17, 15) is 0 Å². The number of halogens is 1. The molecule has 1 aliphatic rings. The van der Waals surface area contributed by atoms with Crippen molar-refractivity contribution in [3.8, 4) is 0 Å². The molecule has 1 saturated carbocycles. The van der Waals surface area contributed by atoms with E-state index in [1.165, 1.54) is 31.0 Å². The average Bonchev–Trinajstić information content (AvgIpc) is 2.65. The summed E-state index contributed by atoms with van der Waals surface area (Å²) in [5, 5.41) is 0. The van der Waals surface area contributed by atoms with Gasteiger partial charge in [-0.15, -0.1) is 0 Å². The van der Waals surface area contributed by atoms with Gasteiger partial charge in [-0.2, -0.15) is 8.75 Å². The maximum Gasteiger partial charge on any atom is 0.0746 e. The van der Waals surface area contributed by atoms with Gasteiger partial charge < -0.3 is 0 Å². The molecule has 4 heteroatoms. The Morgan fingerprint density at radius 2 is 2.50 bits per heavy atom. The quantitative estimate of drug-likeness (QED) is 0.751. The Labute approximate surface area is 84.8 Å². The average molecular weight is 247 g/mol. The highest BCUT2D eigenvalue weighted by molar-refractivity contribution is 9.09. The molecule has 0 aromatic carbocycles. The van der Waals surface area contributed by atoms with Gasteiger partial charge in [-0.25, -0.2) is 0 Å². The van der Waals surface area contributed by atoms with Crippen LogP contribution in [0.15, 0.2) is 6.20 Å². The minimum Gasteiger partial charge on any atom is -0.181 e. The number of alkyl halides is 1. The number of aromatic nitrogens is 2. The molecule has 1 heterocycles. The van der Waals surface area contributed by atoms with Crippen LogP contribution < -0.4 is 0 Å². The van der Waals surface area contributed by atoms with Crippen LogP contribution in [0.5, 0.6) is 0 Å². The van der Waals surface area contributed by atoms with E-state index >= 15 is 0 Å². The molecule has 0 aliphatic heterocycles. The van der Waals surface area contributed by atoms with Gasteiger partial charge in [0.2, 0.25) is 0 Å². The van der Waals surface area contributed by atoms with E-state index in [0.717, 1.165) is 18.0 Å².